The van der Waals surface area contributed by atoms with Crippen molar-refractivity contribution in [2.45, 2.75) is 174 Å². The molecule has 0 unspecified atom stereocenters. The van der Waals surface area contributed by atoms with E-state index in [0.717, 1.165) is 6.20 Å². The maximum Gasteiger partial charge on any atom is 0.471 e. The van der Waals surface area contributed by atoms with E-state index in [-0.39, 0.29) is 115 Å². The Morgan fingerprint density at radius 2 is 0.879 bits per heavy atom. The van der Waals surface area contributed by atoms with Crippen molar-refractivity contribution in [1.29, 1.82) is 10.8 Å². The number of aliphatic carboxylic acids is 2. The van der Waals surface area contributed by atoms with Gasteiger partial charge in [-0.05, 0) is 100.0 Å². The molecule has 0 spiro atoms. The molecule has 0 saturated carbocycles. The van der Waals surface area contributed by atoms with E-state index in [1.54, 1.807) is 84.9 Å². The number of aromatic nitrogens is 1. The van der Waals surface area contributed by atoms with Crippen LogP contribution in [0.1, 0.15) is 117 Å². The predicted molar refractivity (Wildman–Crippen MR) is 428 cm³/mol. The Hall–Kier alpha value is -13.9. The number of hydrogen-bond acceptors (Lipinski definition) is 23. The summed E-state index contributed by atoms with van der Waals surface area (Å²) in [6.07, 6.45) is -13.4. The summed E-state index contributed by atoms with van der Waals surface area (Å²) in [5, 5.41) is 77.8. The Bertz CT molecular complexity index is 4520. The van der Waals surface area contributed by atoms with Crippen molar-refractivity contribution in [1.82, 2.24) is 95.4 Å². The van der Waals surface area contributed by atoms with Crippen molar-refractivity contribution in [3.05, 3.63) is 126 Å². The number of hydrazone groups is 1. The van der Waals surface area contributed by atoms with E-state index in [4.69, 9.17) is 10.8 Å². The van der Waals surface area contributed by atoms with Gasteiger partial charge in [0.05, 0.1) is 37.7 Å². The quantitative estimate of drug-likeness (QED) is 0.00581. The molecule has 41 nitrogen and oxygen atoms in total. The van der Waals surface area contributed by atoms with Crippen LogP contribution in [-0.2, 0) is 89.6 Å². The molecule has 670 valence electrons. The van der Waals surface area contributed by atoms with Gasteiger partial charge in [-0.1, -0.05) is 78.9 Å². The zero-order valence-electron chi connectivity index (χ0n) is 66.1. The molecule has 124 heavy (non-hydrogen) atoms. The third kappa shape index (κ3) is 35.8. The average Bonchev–Trinajstić information content (AvgIpc) is 0.917. The number of halogens is 6. The van der Waals surface area contributed by atoms with Gasteiger partial charge in [0.15, 0.2) is 11.9 Å². The normalized spacial score (nSPS) is 19.3. The van der Waals surface area contributed by atoms with Crippen LogP contribution in [0.5, 0.6) is 0 Å². The Kier molecular flexibility index (Phi) is 39.7. The summed E-state index contributed by atoms with van der Waals surface area (Å²) in [5.74, 6) is -23.2. The van der Waals surface area contributed by atoms with Gasteiger partial charge in [0, 0.05) is 62.1 Å². The van der Waals surface area contributed by atoms with Crippen LogP contribution in [0, 0.1) is 10.8 Å². The molecule has 0 radical (unpaired) electrons. The first kappa shape index (κ1) is 99.0. The Balaban J connectivity index is 1.20. The highest BCUT2D eigenvalue weighted by Crippen LogP contribution is 2.18. The standard InChI is InChI=1S/C76H94F6N22O19S/c77-75(78,79)71(122)102-73(83)87-31-13-22-45-63(114)90-39-57(106)93-52(35-59(108)109)69(120)100-50(33-41-15-3-1-4-16-41)67(118)98-47(65(116)96-45)20-9-11-29-85-56(105)28-26-49(95-61(112)44-25-27-55(89-37-44)104-92-38-43-19-7-8-24-54(43)124)62(113)86-30-12-10-21-48-66(117)97-46(23-14-32-88-74(84)103-72(123)76(80,81)82)64(115)91-40-58(107)94-53(36-60(110)111)70(121)101-51(68(119)99-48)34-42-17-5-2-6-18-42/h1-8,15-19,24-25,27,37-38,45-53,124H,9-14,20-23,26,28-36,39-40H2,(H,85,105)(H,86,113)(H,89,104)(H,90,114)(H,91,115)(H,93,106)(H,94,107)(H,95,112)(H,96,116)(H,97,117)(H,98,118)(H,99,119)(H,100,120)(H,101,121)(H,108,109)(H,110,111)(H3,83,87,102,122)(H3,84,88,103,123)/b92-38+/t45-,46-,47-,48-,49-,50+,51+,52-,53-/m0/s1. The number of carboxylic acids is 2. The number of guanidine groups is 2. The number of carboxylic acid groups (broad SMARTS) is 2. The summed E-state index contributed by atoms with van der Waals surface area (Å²) in [4.78, 5) is 233. The molecule has 3 aromatic carbocycles. The Morgan fingerprint density at radius 1 is 0.484 bits per heavy atom. The van der Waals surface area contributed by atoms with Crippen molar-refractivity contribution >= 4 is 137 Å². The number of unbranched alkanes of at least 4 members (excludes halogenated alkanes) is 2. The molecule has 15 amide bonds. The van der Waals surface area contributed by atoms with Crippen LogP contribution in [0.2, 0.25) is 0 Å². The summed E-state index contributed by atoms with van der Waals surface area (Å²) < 4.78 is 77.4. The molecule has 22 N–H and O–H groups in total. The number of benzene rings is 3. The van der Waals surface area contributed by atoms with Crippen molar-refractivity contribution in [3.63, 3.8) is 0 Å². The molecule has 6 rings (SSSR count). The molecule has 2 aliphatic rings. The molecule has 0 aliphatic carbocycles. The number of alkyl halides is 6. The third-order valence-corrected chi connectivity index (χ3v) is 18.7. The zero-order valence-corrected chi connectivity index (χ0v) is 67.0. The highest BCUT2D eigenvalue weighted by Gasteiger charge is 2.41. The summed E-state index contributed by atoms with van der Waals surface area (Å²) in [6, 6.07) is 11.1. The van der Waals surface area contributed by atoms with Crippen molar-refractivity contribution in [2.75, 3.05) is 44.7 Å². The SMILES string of the molecule is N=C(NCCC[C@@H]1NC(=O)[C@H](CCCCNC(=O)CC[C@H](NC(=O)c2ccc(N/N=C/c3ccccc3S)nc2)C(=O)NCCCC[C@@H]2NC(=O)[C@@H](Cc3ccccc3)NC(=O)[C@H](CC(=O)O)NC(=O)CNC(=O)[C@H](CCCNC(=N)NC(=O)C(F)(F)F)NC2=O)NC(=O)[C@@H](Cc2ccccc2)NC(=O)[C@H](CC(=O)O)NC(=O)CNC1=O)NC(=O)C(F)(F)F. The van der Waals surface area contributed by atoms with Crippen molar-refractivity contribution < 1.29 is 118 Å². The molecule has 0 bridgehead atoms. The largest absolute Gasteiger partial charge is 0.481 e. The summed E-state index contributed by atoms with van der Waals surface area (Å²) >= 11 is 4.40. The van der Waals surface area contributed by atoms with Crippen LogP contribution in [0.4, 0.5) is 32.2 Å². The van der Waals surface area contributed by atoms with Crippen LogP contribution in [0.15, 0.2) is 113 Å². The number of amides is 15. The summed E-state index contributed by atoms with van der Waals surface area (Å²) in [5.41, 5.74) is 4.22. The second kappa shape index (κ2) is 49.8. The van der Waals surface area contributed by atoms with E-state index in [1.165, 1.54) is 29.0 Å². The van der Waals surface area contributed by atoms with Crippen LogP contribution in [0.25, 0.3) is 0 Å². The fourth-order valence-electron chi connectivity index (χ4n) is 11.9. The van der Waals surface area contributed by atoms with E-state index >= 15 is 0 Å². The highest BCUT2D eigenvalue weighted by molar-refractivity contribution is 7.80. The fraction of sp³-hybridized carbons (Fsp3) is 0.434. The first-order chi connectivity index (χ1) is 58.8. The lowest BCUT2D eigenvalue weighted by atomic mass is 10.0. The molecule has 4 aromatic rings. The molecule has 2 saturated heterocycles. The first-order valence-corrected chi connectivity index (χ1v) is 39.0. The average molecular weight is 1770 g/mol. The maximum absolute atomic E-state index is 14.5. The second-order valence-corrected chi connectivity index (χ2v) is 28.4. The summed E-state index contributed by atoms with van der Waals surface area (Å²) in [6.45, 7) is -2.98. The number of rotatable bonds is 35. The van der Waals surface area contributed by atoms with E-state index < -0.39 is 218 Å². The van der Waals surface area contributed by atoms with Crippen LogP contribution in [0.3, 0.4) is 0 Å². The zero-order chi connectivity index (χ0) is 91.1. The molecular weight excluding hydrogens is 1670 g/mol. The minimum atomic E-state index is -5.36. The van der Waals surface area contributed by atoms with Gasteiger partial charge in [-0.25, -0.2) is 4.98 Å². The number of nitrogens with one attached hydrogen (secondary N) is 20. The monoisotopic (exact) mass is 1760 g/mol. The van der Waals surface area contributed by atoms with E-state index in [0.29, 0.717) is 21.6 Å². The van der Waals surface area contributed by atoms with Gasteiger partial charge in [-0.15, -0.1) is 12.6 Å². The highest BCUT2D eigenvalue weighted by atomic mass is 32.1. The minimum absolute atomic E-state index is 0.0177. The maximum atomic E-state index is 14.5. The number of anilines is 1. The molecule has 2 fully saturated rings. The van der Waals surface area contributed by atoms with E-state index in [1.807, 2.05) is 0 Å². The van der Waals surface area contributed by atoms with Gasteiger partial charge in [0.1, 0.15) is 60.2 Å². The second-order valence-electron chi connectivity index (χ2n) is 28.0. The number of carbonyl (C=O) groups is 17. The van der Waals surface area contributed by atoms with Gasteiger partial charge < -0.3 is 90.0 Å². The van der Waals surface area contributed by atoms with Gasteiger partial charge in [-0.2, -0.15) is 31.4 Å². The lowest BCUT2D eigenvalue weighted by Crippen LogP contribution is -2.58. The molecule has 1 aromatic heterocycles. The predicted octanol–water partition coefficient (Wildman–Crippen LogP) is -2.19. The van der Waals surface area contributed by atoms with Crippen LogP contribution < -0.4 is 95.8 Å². The lowest BCUT2D eigenvalue weighted by molar-refractivity contribution is -0.172. The topological polar surface area (TPSA) is 620 Å². The summed E-state index contributed by atoms with van der Waals surface area (Å²) in [7, 11) is 0. The molecule has 48 heteroatoms. The van der Waals surface area contributed by atoms with Crippen molar-refractivity contribution in [2.24, 2.45) is 5.10 Å². The van der Waals surface area contributed by atoms with E-state index in [9.17, 15) is 118 Å². The molecular formula is C76H94F6N22O19S. The van der Waals surface area contributed by atoms with Crippen molar-refractivity contribution in [3.8, 4) is 0 Å². The van der Waals surface area contributed by atoms with Crippen LogP contribution in [-0.4, -0.2) is 240 Å². The minimum Gasteiger partial charge on any atom is -0.481 e. The van der Waals surface area contributed by atoms with Gasteiger partial charge in [-0.3, -0.25) is 108 Å². The number of pyridine rings is 1. The number of carbonyl (C=O) groups excluding carboxylic acids is 15. The third-order valence-electron chi connectivity index (χ3n) is 18.3. The van der Waals surface area contributed by atoms with Gasteiger partial charge in [0.25, 0.3) is 5.91 Å². The number of nitrogens with zero attached hydrogens (tertiary/aromatic N) is 2. The Morgan fingerprint density at radius 3 is 1.31 bits per heavy atom. The molecule has 3 heterocycles. The van der Waals surface area contributed by atoms with Crippen LogP contribution >= 0.6 is 12.6 Å². The first-order valence-electron chi connectivity index (χ1n) is 38.6. The van der Waals surface area contributed by atoms with Gasteiger partial charge in [0.2, 0.25) is 70.9 Å². The fourth-order valence-corrected chi connectivity index (χ4v) is 12.1. The molecule has 9 atom stereocenters. The Labute approximate surface area is 708 Å². The smallest absolute Gasteiger partial charge is 0.471 e. The van der Waals surface area contributed by atoms with E-state index in [2.05, 4.69) is 108 Å². The lowest BCUT2D eigenvalue weighted by Gasteiger charge is -2.26. The number of hydrogen-bond donors (Lipinski definition) is 23. The number of thiol groups is 1. The molecule has 2 aliphatic heterocycles. The van der Waals surface area contributed by atoms with Gasteiger partial charge >= 0.3 is 36.1 Å².